The van der Waals surface area contributed by atoms with E-state index in [4.69, 9.17) is 5.73 Å². The third-order valence-corrected chi connectivity index (χ3v) is 8.12. The number of anilines is 1. The zero-order valence-electron chi connectivity index (χ0n) is 22.3. The lowest BCUT2D eigenvalue weighted by atomic mass is 10.2. The highest BCUT2D eigenvalue weighted by Gasteiger charge is 2.38. The van der Waals surface area contributed by atoms with Gasteiger partial charge in [0.25, 0.3) is 11.8 Å². The number of amides is 3. The van der Waals surface area contributed by atoms with Gasteiger partial charge in [-0.05, 0) is 75.2 Å². The molecule has 5 N–H and O–H groups in total. The van der Waals surface area contributed by atoms with Crippen molar-refractivity contribution in [1.29, 1.82) is 0 Å². The molecule has 0 saturated carbocycles. The number of carbonyl (C=O) groups excluding carboxylic acids is 3. The minimum absolute atomic E-state index is 0.0454. The van der Waals surface area contributed by atoms with Crippen LogP contribution in [0.2, 0.25) is 0 Å². The molecule has 3 amide bonds. The molecule has 1 atom stereocenters. The van der Waals surface area contributed by atoms with Crippen molar-refractivity contribution in [3.63, 3.8) is 0 Å². The fourth-order valence-electron chi connectivity index (χ4n) is 4.60. The monoisotopic (exact) mass is 551 g/mol. The summed E-state index contributed by atoms with van der Waals surface area (Å²) in [7, 11) is 0. The Morgan fingerprint density at radius 2 is 1.87 bits per heavy atom. The fraction of sp³-hybridized carbons (Fsp3) is 0.429. The maximum atomic E-state index is 13.0. The average molecular weight is 552 g/mol. The Hall–Kier alpha value is -3.57. The number of thioether (sulfide) groups is 1. The van der Waals surface area contributed by atoms with Crippen molar-refractivity contribution in [2.75, 3.05) is 51.1 Å². The molecule has 0 aliphatic carbocycles. The van der Waals surface area contributed by atoms with Gasteiger partial charge >= 0.3 is 0 Å². The van der Waals surface area contributed by atoms with E-state index in [9.17, 15) is 14.4 Å². The van der Waals surface area contributed by atoms with E-state index in [1.165, 1.54) is 24.6 Å². The summed E-state index contributed by atoms with van der Waals surface area (Å²) in [4.78, 5) is 46.1. The summed E-state index contributed by atoms with van der Waals surface area (Å²) in [6.45, 7) is 6.79. The number of carbonyl (C=O) groups is 3. The minimum atomic E-state index is -0.421. The first kappa shape index (κ1) is 28.4. The number of pyridine rings is 1. The maximum Gasteiger partial charge on any atom is 0.269 e. The van der Waals surface area contributed by atoms with Crippen LogP contribution in [0.3, 0.4) is 0 Å². The number of hydrogen-bond acceptors (Lipinski definition) is 8. The third-order valence-electron chi connectivity index (χ3n) is 6.80. The number of aromatic nitrogens is 1. The van der Waals surface area contributed by atoms with Crippen LogP contribution in [0.25, 0.3) is 0 Å². The van der Waals surface area contributed by atoms with E-state index in [0.29, 0.717) is 43.2 Å². The van der Waals surface area contributed by atoms with Crippen molar-refractivity contribution in [3.05, 3.63) is 70.6 Å². The lowest BCUT2D eigenvalue weighted by Crippen LogP contribution is -2.35. The number of nitrogens with one attached hydrogen (secondary N) is 3. The van der Waals surface area contributed by atoms with E-state index in [0.717, 1.165) is 30.9 Å². The van der Waals surface area contributed by atoms with Gasteiger partial charge in [-0.15, -0.1) is 0 Å². The van der Waals surface area contributed by atoms with E-state index < -0.39 is 11.2 Å². The van der Waals surface area contributed by atoms with Crippen molar-refractivity contribution >= 4 is 35.2 Å². The van der Waals surface area contributed by atoms with Crippen LogP contribution >= 0.6 is 11.8 Å². The van der Waals surface area contributed by atoms with Crippen LogP contribution in [0, 0.1) is 0 Å². The van der Waals surface area contributed by atoms with Crippen LogP contribution in [-0.2, 0) is 16.0 Å². The molecule has 0 unspecified atom stereocenters. The smallest absolute Gasteiger partial charge is 0.269 e. The Balaban J connectivity index is 1.26. The van der Waals surface area contributed by atoms with Crippen molar-refractivity contribution in [2.24, 2.45) is 5.73 Å². The highest BCUT2D eigenvalue weighted by atomic mass is 32.2. The fourth-order valence-corrected chi connectivity index (χ4v) is 5.83. The second-order valence-electron chi connectivity index (χ2n) is 9.54. The highest BCUT2D eigenvalue weighted by molar-refractivity contribution is 8.04. The van der Waals surface area contributed by atoms with Crippen LogP contribution < -0.4 is 21.7 Å². The molecule has 208 valence electrons. The van der Waals surface area contributed by atoms with Gasteiger partial charge in [-0.1, -0.05) is 17.8 Å². The Morgan fingerprint density at radius 3 is 2.56 bits per heavy atom. The summed E-state index contributed by atoms with van der Waals surface area (Å²) in [5.41, 5.74) is 8.65. The first-order valence-electron chi connectivity index (χ1n) is 13.5. The van der Waals surface area contributed by atoms with Crippen LogP contribution in [0.1, 0.15) is 35.7 Å². The predicted molar refractivity (Wildman–Crippen MR) is 154 cm³/mol. The molecule has 0 spiro atoms. The molecule has 0 radical (unpaired) electrons. The molecule has 2 saturated heterocycles. The number of hydrogen-bond donors (Lipinski definition) is 4. The lowest BCUT2D eigenvalue weighted by Gasteiger charge is -2.16. The second kappa shape index (κ2) is 14.0. The molecule has 2 aromatic rings. The predicted octanol–water partition coefficient (Wildman–Crippen LogP) is 1.77. The van der Waals surface area contributed by atoms with Gasteiger partial charge in [0.05, 0.1) is 0 Å². The Kier molecular flexibility index (Phi) is 10.2. The second-order valence-corrected chi connectivity index (χ2v) is 10.7. The Morgan fingerprint density at radius 1 is 1.10 bits per heavy atom. The van der Waals surface area contributed by atoms with Crippen molar-refractivity contribution in [2.45, 2.75) is 31.4 Å². The zero-order chi connectivity index (χ0) is 27.6. The largest absolute Gasteiger partial charge is 0.392 e. The van der Waals surface area contributed by atoms with Gasteiger partial charge in [0.2, 0.25) is 5.91 Å². The van der Waals surface area contributed by atoms with Crippen LogP contribution in [0.15, 0.2) is 59.5 Å². The molecule has 1 aromatic carbocycles. The molecule has 2 aliphatic rings. The molecule has 4 rings (SSSR count). The standard InChI is InChI=1S/C28H37N7O3S/c1-2-35-27(38)23(39-28(35)24(29)26(37)31-13-11-20-6-5-12-30-18-20)19-33-22-9-7-21(8-10-22)25(36)32-14-17-34-15-3-4-16-34/h5-10,12,18,23,33H,2-4,11,13-17,19,29H2,1H3,(H,31,37)(H,32,36)/b28-24+/t23-/m1/s1. The highest BCUT2D eigenvalue weighted by Crippen LogP contribution is 2.36. The molecule has 10 nitrogen and oxygen atoms in total. The Bertz CT molecular complexity index is 1170. The zero-order valence-corrected chi connectivity index (χ0v) is 23.1. The number of nitrogens with two attached hydrogens (primary N) is 1. The molecule has 0 bridgehead atoms. The number of nitrogens with zero attached hydrogens (tertiary/aromatic N) is 3. The SMILES string of the molecule is CCN1C(=O)[C@@H](CNc2ccc(C(=O)NCCN3CCCC3)cc2)S/C1=C(/N)C(=O)NCCc1cccnc1. The molecular formula is C28H37N7O3S. The van der Waals surface area contributed by atoms with Gasteiger partial charge in [-0.3, -0.25) is 19.4 Å². The summed E-state index contributed by atoms with van der Waals surface area (Å²) in [5.74, 6) is -0.578. The van der Waals surface area contributed by atoms with Gasteiger partial charge in [-0.2, -0.15) is 0 Å². The van der Waals surface area contributed by atoms with E-state index >= 15 is 0 Å². The van der Waals surface area contributed by atoms with E-state index in [-0.39, 0.29) is 17.5 Å². The van der Waals surface area contributed by atoms with E-state index in [1.54, 1.807) is 29.4 Å². The number of likely N-dealkylation sites (tertiary alicyclic amines) is 1. The van der Waals surface area contributed by atoms with Crippen LogP contribution in [-0.4, -0.2) is 83.6 Å². The van der Waals surface area contributed by atoms with Gasteiger partial charge in [0, 0.05) is 56.4 Å². The minimum Gasteiger partial charge on any atom is -0.392 e. The Labute approximate surface area is 233 Å². The third kappa shape index (κ3) is 7.73. The van der Waals surface area contributed by atoms with Crippen molar-refractivity contribution < 1.29 is 14.4 Å². The van der Waals surface area contributed by atoms with Crippen LogP contribution in [0.4, 0.5) is 5.69 Å². The normalized spacial score (nSPS) is 18.7. The summed E-state index contributed by atoms with van der Waals surface area (Å²) in [6, 6.07) is 11.0. The summed E-state index contributed by atoms with van der Waals surface area (Å²) >= 11 is 1.29. The topological polar surface area (TPSA) is 133 Å². The van der Waals surface area contributed by atoms with Crippen molar-refractivity contribution in [1.82, 2.24) is 25.4 Å². The first-order chi connectivity index (χ1) is 19.0. The summed E-state index contributed by atoms with van der Waals surface area (Å²) < 4.78 is 0. The van der Waals surface area contributed by atoms with Crippen molar-refractivity contribution in [3.8, 4) is 0 Å². The molecule has 39 heavy (non-hydrogen) atoms. The van der Waals surface area contributed by atoms with Gasteiger partial charge in [0.15, 0.2) is 0 Å². The van der Waals surface area contributed by atoms with Gasteiger partial charge < -0.3 is 31.5 Å². The van der Waals surface area contributed by atoms with Crippen LogP contribution in [0.5, 0.6) is 0 Å². The molecule has 11 heteroatoms. The van der Waals surface area contributed by atoms with E-state index in [2.05, 4.69) is 25.8 Å². The molecule has 2 fully saturated rings. The number of rotatable bonds is 12. The average Bonchev–Trinajstić information content (AvgIpc) is 3.59. The first-order valence-corrected chi connectivity index (χ1v) is 14.3. The molecular weight excluding hydrogens is 514 g/mol. The molecule has 1 aromatic heterocycles. The quantitative estimate of drug-likeness (QED) is 0.294. The molecule has 3 heterocycles. The molecule has 2 aliphatic heterocycles. The van der Waals surface area contributed by atoms with Gasteiger partial charge in [0.1, 0.15) is 16.0 Å². The van der Waals surface area contributed by atoms with E-state index in [1.807, 2.05) is 31.2 Å². The maximum absolute atomic E-state index is 13.0. The number of benzene rings is 1. The lowest BCUT2D eigenvalue weighted by molar-refractivity contribution is -0.127. The summed E-state index contributed by atoms with van der Waals surface area (Å²) in [6.07, 6.45) is 6.57. The summed E-state index contributed by atoms with van der Waals surface area (Å²) in [5, 5.41) is 9.14. The van der Waals surface area contributed by atoms with Gasteiger partial charge in [-0.25, -0.2) is 0 Å².